The summed E-state index contributed by atoms with van der Waals surface area (Å²) in [5.41, 5.74) is 2.32. The fourth-order valence-corrected chi connectivity index (χ4v) is 4.22. The number of aromatic nitrogens is 4. The second-order valence-corrected chi connectivity index (χ2v) is 8.99. The normalized spacial score (nSPS) is 15.3. The first kappa shape index (κ1) is 21.4. The fourth-order valence-electron chi connectivity index (χ4n) is 4.22. The maximum atomic E-state index is 12.8. The van der Waals surface area contributed by atoms with E-state index in [1.54, 1.807) is 7.05 Å². The van der Waals surface area contributed by atoms with Crippen LogP contribution in [-0.2, 0) is 13.6 Å². The molecule has 0 bridgehead atoms. The van der Waals surface area contributed by atoms with Crippen molar-refractivity contribution < 1.29 is 0 Å². The molecule has 8 heteroatoms. The SMILES string of the molecule is Cc1cccc(Cn2c(N3CCN(CCC(C)C)CC3)nc3c2c(=O)[nH]c(=O)n3C)c1. The molecule has 0 unspecified atom stereocenters. The largest absolute Gasteiger partial charge is 0.340 e. The number of hydrogen-bond acceptors (Lipinski definition) is 5. The Kier molecular flexibility index (Phi) is 6.00. The molecule has 0 atom stereocenters. The van der Waals surface area contributed by atoms with Gasteiger partial charge in [0.2, 0.25) is 5.95 Å². The first-order valence-corrected chi connectivity index (χ1v) is 11.1. The molecule has 1 fully saturated rings. The van der Waals surface area contributed by atoms with Gasteiger partial charge in [0.25, 0.3) is 5.56 Å². The quantitative estimate of drug-likeness (QED) is 0.654. The Bertz CT molecular complexity index is 1180. The molecular weight excluding hydrogens is 392 g/mol. The van der Waals surface area contributed by atoms with Crippen LogP contribution in [0.3, 0.4) is 0 Å². The number of fused-ring (bicyclic) bond motifs is 1. The number of anilines is 1. The number of nitrogens with one attached hydrogen (secondary N) is 1. The third kappa shape index (κ3) is 4.44. The van der Waals surface area contributed by atoms with E-state index in [2.05, 4.69) is 53.8 Å². The Morgan fingerprint density at radius 3 is 2.55 bits per heavy atom. The van der Waals surface area contributed by atoms with Gasteiger partial charge in [0.15, 0.2) is 11.2 Å². The number of nitrogens with zero attached hydrogens (tertiary/aromatic N) is 5. The van der Waals surface area contributed by atoms with E-state index in [-0.39, 0.29) is 5.56 Å². The molecule has 1 aliphatic rings. The standard InChI is InChI=1S/C23H32N6O2/c1-16(2)8-9-27-10-12-28(13-11-27)22-24-20-19(21(30)25-23(31)26(20)4)29(22)15-18-7-5-6-17(3)14-18/h5-7,14,16H,8-13,15H2,1-4H3,(H,25,30,31). The van der Waals surface area contributed by atoms with Crippen molar-refractivity contribution in [3.05, 3.63) is 56.2 Å². The minimum absolute atomic E-state index is 0.389. The summed E-state index contributed by atoms with van der Waals surface area (Å²) in [7, 11) is 1.65. The van der Waals surface area contributed by atoms with E-state index in [0.29, 0.717) is 23.6 Å². The van der Waals surface area contributed by atoms with Crippen LogP contribution in [0.1, 0.15) is 31.4 Å². The van der Waals surface area contributed by atoms with Crippen molar-refractivity contribution in [2.24, 2.45) is 13.0 Å². The van der Waals surface area contributed by atoms with E-state index in [4.69, 9.17) is 4.98 Å². The van der Waals surface area contributed by atoms with Gasteiger partial charge in [0.1, 0.15) is 0 Å². The van der Waals surface area contributed by atoms with Crippen molar-refractivity contribution in [2.45, 2.75) is 33.7 Å². The highest BCUT2D eigenvalue weighted by atomic mass is 16.2. The molecule has 4 rings (SSSR count). The van der Waals surface area contributed by atoms with E-state index in [1.807, 2.05) is 10.6 Å². The van der Waals surface area contributed by atoms with Gasteiger partial charge in [0.05, 0.1) is 6.54 Å². The monoisotopic (exact) mass is 424 g/mol. The number of aromatic amines is 1. The average molecular weight is 425 g/mol. The number of aryl methyl sites for hydroxylation is 2. The molecule has 0 amide bonds. The smallest absolute Gasteiger partial charge is 0.329 e. The molecule has 166 valence electrons. The molecule has 0 aliphatic carbocycles. The van der Waals surface area contributed by atoms with Crippen molar-refractivity contribution in [2.75, 3.05) is 37.6 Å². The minimum atomic E-state index is -0.442. The topological polar surface area (TPSA) is 79.2 Å². The molecular formula is C23H32N6O2. The van der Waals surface area contributed by atoms with Gasteiger partial charge in [-0.1, -0.05) is 43.7 Å². The highest BCUT2D eigenvalue weighted by Crippen LogP contribution is 2.23. The highest BCUT2D eigenvalue weighted by Gasteiger charge is 2.25. The van der Waals surface area contributed by atoms with Crippen molar-refractivity contribution in [3.8, 4) is 0 Å². The number of rotatable bonds is 6. The summed E-state index contributed by atoms with van der Waals surface area (Å²) in [6.07, 6.45) is 1.20. The minimum Gasteiger partial charge on any atom is -0.340 e. The van der Waals surface area contributed by atoms with Gasteiger partial charge in [-0.2, -0.15) is 4.98 Å². The molecule has 0 radical (unpaired) electrons. The van der Waals surface area contributed by atoms with Crippen molar-refractivity contribution >= 4 is 17.1 Å². The van der Waals surface area contributed by atoms with Crippen LogP contribution < -0.4 is 16.1 Å². The Morgan fingerprint density at radius 1 is 1.13 bits per heavy atom. The Morgan fingerprint density at radius 2 is 1.87 bits per heavy atom. The number of piperazine rings is 1. The second kappa shape index (κ2) is 8.70. The van der Waals surface area contributed by atoms with Crippen LogP contribution in [-0.4, -0.2) is 56.7 Å². The molecule has 1 aromatic carbocycles. The molecule has 3 heterocycles. The lowest BCUT2D eigenvalue weighted by Gasteiger charge is -2.35. The van der Waals surface area contributed by atoms with Crippen LogP contribution in [0.4, 0.5) is 5.95 Å². The molecule has 0 spiro atoms. The van der Waals surface area contributed by atoms with Crippen molar-refractivity contribution in [1.29, 1.82) is 0 Å². The van der Waals surface area contributed by atoms with Crippen LogP contribution in [0.5, 0.6) is 0 Å². The fraction of sp³-hybridized carbons (Fsp3) is 0.522. The predicted molar refractivity (Wildman–Crippen MR) is 124 cm³/mol. The molecule has 8 nitrogen and oxygen atoms in total. The van der Waals surface area contributed by atoms with E-state index >= 15 is 0 Å². The van der Waals surface area contributed by atoms with E-state index in [1.165, 1.54) is 16.6 Å². The number of imidazole rings is 1. The lowest BCUT2D eigenvalue weighted by molar-refractivity contribution is 0.242. The molecule has 3 aromatic rings. The summed E-state index contributed by atoms with van der Waals surface area (Å²) in [5.74, 6) is 1.45. The Hall–Kier alpha value is -2.87. The molecule has 31 heavy (non-hydrogen) atoms. The van der Waals surface area contributed by atoms with E-state index in [9.17, 15) is 9.59 Å². The summed E-state index contributed by atoms with van der Waals surface area (Å²) >= 11 is 0. The number of benzene rings is 1. The van der Waals surface area contributed by atoms with E-state index in [0.717, 1.165) is 44.2 Å². The predicted octanol–water partition coefficient (Wildman–Crippen LogP) is 1.95. The van der Waals surface area contributed by atoms with Crippen LogP contribution >= 0.6 is 0 Å². The van der Waals surface area contributed by atoms with Crippen LogP contribution in [0.15, 0.2) is 33.9 Å². The van der Waals surface area contributed by atoms with Gasteiger partial charge in [-0.05, 0) is 31.4 Å². The molecule has 1 N–H and O–H groups in total. The first-order valence-electron chi connectivity index (χ1n) is 11.1. The average Bonchev–Trinajstić information content (AvgIpc) is 3.11. The molecule has 1 aliphatic heterocycles. The Labute approximate surface area is 182 Å². The zero-order valence-electron chi connectivity index (χ0n) is 18.9. The van der Waals surface area contributed by atoms with Gasteiger partial charge in [-0.25, -0.2) is 4.79 Å². The molecule has 1 saturated heterocycles. The summed E-state index contributed by atoms with van der Waals surface area (Å²) in [5, 5.41) is 0. The lowest BCUT2D eigenvalue weighted by Crippen LogP contribution is -2.47. The first-order chi connectivity index (χ1) is 14.8. The molecule has 2 aromatic heterocycles. The van der Waals surface area contributed by atoms with E-state index < -0.39 is 5.69 Å². The summed E-state index contributed by atoms with van der Waals surface area (Å²) in [6, 6.07) is 8.26. The zero-order valence-corrected chi connectivity index (χ0v) is 18.9. The van der Waals surface area contributed by atoms with Crippen molar-refractivity contribution in [3.63, 3.8) is 0 Å². The summed E-state index contributed by atoms with van der Waals surface area (Å²) < 4.78 is 3.39. The van der Waals surface area contributed by atoms with Gasteiger partial charge >= 0.3 is 5.69 Å². The van der Waals surface area contributed by atoms with Crippen molar-refractivity contribution in [1.82, 2.24) is 24.0 Å². The Balaban J connectivity index is 1.71. The maximum absolute atomic E-state index is 12.8. The second-order valence-electron chi connectivity index (χ2n) is 8.99. The summed E-state index contributed by atoms with van der Waals surface area (Å²) in [4.78, 5) is 36.9. The lowest BCUT2D eigenvalue weighted by atomic mass is 10.1. The van der Waals surface area contributed by atoms with Gasteiger partial charge in [-0.15, -0.1) is 0 Å². The number of H-pyrrole nitrogens is 1. The zero-order chi connectivity index (χ0) is 22.1. The molecule has 0 saturated carbocycles. The van der Waals surface area contributed by atoms with Gasteiger partial charge in [-0.3, -0.25) is 23.8 Å². The van der Waals surface area contributed by atoms with Crippen LogP contribution in [0, 0.1) is 12.8 Å². The summed E-state index contributed by atoms with van der Waals surface area (Å²) in [6.45, 7) is 11.8. The maximum Gasteiger partial charge on any atom is 0.329 e. The van der Waals surface area contributed by atoms with Crippen LogP contribution in [0.25, 0.3) is 11.2 Å². The van der Waals surface area contributed by atoms with Gasteiger partial charge < -0.3 is 4.90 Å². The van der Waals surface area contributed by atoms with Gasteiger partial charge in [0, 0.05) is 33.2 Å². The highest BCUT2D eigenvalue weighted by molar-refractivity contribution is 5.74. The third-order valence-electron chi connectivity index (χ3n) is 6.09. The number of hydrogen-bond donors (Lipinski definition) is 1. The third-order valence-corrected chi connectivity index (χ3v) is 6.09. The van der Waals surface area contributed by atoms with Crippen LogP contribution in [0.2, 0.25) is 0 Å².